The molecule has 0 saturated heterocycles. The summed E-state index contributed by atoms with van der Waals surface area (Å²) in [6.07, 6.45) is -2.57. The Labute approximate surface area is 188 Å². The quantitative estimate of drug-likeness (QED) is 0.104. The van der Waals surface area contributed by atoms with Gasteiger partial charge in [0.05, 0.1) is 12.1 Å². The van der Waals surface area contributed by atoms with Crippen LogP contribution < -0.4 is 27.4 Å². The first-order valence-electron chi connectivity index (χ1n) is 9.48. The molecular weight excluding hydrogens is 450 g/mol. The molecule has 0 radical (unpaired) electrons. The highest BCUT2D eigenvalue weighted by Crippen LogP contribution is 2.03. The van der Waals surface area contributed by atoms with Gasteiger partial charge in [-0.05, 0) is 19.8 Å². The topological polar surface area (TPSA) is 251 Å². The number of carboxylic acid groups (broad SMARTS) is 2. The molecule has 0 aliphatic heterocycles. The minimum Gasteiger partial charge on any atom is -0.481 e. The first-order valence-corrected chi connectivity index (χ1v) is 10.1. The van der Waals surface area contributed by atoms with Crippen LogP contribution in [0.4, 0.5) is 0 Å². The molecule has 0 fully saturated rings. The molecule has 0 heterocycles. The van der Waals surface area contributed by atoms with Crippen molar-refractivity contribution >= 4 is 48.2 Å². The van der Waals surface area contributed by atoms with Crippen LogP contribution in [0, 0.1) is 0 Å². The van der Waals surface area contributed by atoms with E-state index in [1.165, 1.54) is 0 Å². The Balaban J connectivity index is 5.29. The summed E-state index contributed by atoms with van der Waals surface area (Å²) >= 11 is 3.93. The molecule has 10 N–H and O–H groups in total. The summed E-state index contributed by atoms with van der Waals surface area (Å²) in [5.74, 6) is -6.48. The van der Waals surface area contributed by atoms with E-state index in [4.69, 9.17) is 21.7 Å². The lowest BCUT2D eigenvalue weighted by atomic mass is 10.1. The molecule has 0 saturated carbocycles. The van der Waals surface area contributed by atoms with E-state index in [-0.39, 0.29) is 25.0 Å². The maximum absolute atomic E-state index is 12.6. The van der Waals surface area contributed by atoms with Gasteiger partial charge < -0.3 is 42.7 Å². The van der Waals surface area contributed by atoms with Crippen LogP contribution in [0.3, 0.4) is 0 Å². The van der Waals surface area contributed by atoms with E-state index in [0.717, 1.165) is 6.92 Å². The molecule has 0 aromatic carbocycles. The van der Waals surface area contributed by atoms with Gasteiger partial charge in [-0.1, -0.05) is 0 Å². The predicted octanol–water partition coefficient (Wildman–Crippen LogP) is -3.71. The van der Waals surface area contributed by atoms with Gasteiger partial charge >= 0.3 is 11.9 Å². The molecule has 4 amide bonds. The van der Waals surface area contributed by atoms with Crippen molar-refractivity contribution in [2.45, 2.75) is 62.9 Å². The second-order valence-electron chi connectivity index (χ2n) is 6.91. The molecule has 0 aromatic rings. The summed E-state index contributed by atoms with van der Waals surface area (Å²) in [5, 5.41) is 33.9. The summed E-state index contributed by atoms with van der Waals surface area (Å²) in [5.41, 5.74) is 10.6. The normalized spacial score (nSPS) is 15.4. The van der Waals surface area contributed by atoms with Gasteiger partial charge in [-0.3, -0.25) is 24.0 Å². The SMILES string of the molecule is CC(O)C(NC(=O)C(CS)NC(=O)C(CCC(=O)O)NC(=O)C(N)CCC(N)=O)C(=O)O. The lowest BCUT2D eigenvalue weighted by Gasteiger charge is -2.24. The van der Waals surface area contributed by atoms with Crippen molar-refractivity contribution in [1.82, 2.24) is 16.0 Å². The summed E-state index contributed by atoms with van der Waals surface area (Å²) < 4.78 is 0. The molecule has 5 atom stereocenters. The standard InChI is InChI=1S/C17H29N5O9S/c1-7(23)13(17(30)31)22-16(29)10(6-32)21-15(28)9(3-5-12(25)26)20-14(27)8(18)2-4-11(19)24/h7-10,13,23,32H,2-6,18H2,1H3,(H2,19,24)(H,20,27)(H,21,28)(H,22,29)(H,25,26)(H,30,31). The summed E-state index contributed by atoms with van der Waals surface area (Å²) in [6.45, 7) is 1.15. The fraction of sp³-hybridized carbons (Fsp3) is 0.647. The number of carboxylic acids is 2. The zero-order chi connectivity index (χ0) is 25.0. The molecule has 0 aliphatic rings. The number of rotatable bonds is 15. The Hall–Kier alpha value is -2.91. The molecule has 0 aliphatic carbocycles. The van der Waals surface area contributed by atoms with Gasteiger partial charge in [0, 0.05) is 18.6 Å². The number of thiol groups is 1. The summed E-state index contributed by atoms with van der Waals surface area (Å²) in [6, 6.07) is -5.61. The Bertz CT molecular complexity index is 719. The predicted molar refractivity (Wildman–Crippen MR) is 112 cm³/mol. The smallest absolute Gasteiger partial charge is 0.328 e. The van der Waals surface area contributed by atoms with E-state index in [1.807, 2.05) is 0 Å². The number of aliphatic hydroxyl groups excluding tert-OH is 1. The van der Waals surface area contributed by atoms with Crippen LogP contribution in [0.25, 0.3) is 0 Å². The van der Waals surface area contributed by atoms with Gasteiger partial charge in [0.1, 0.15) is 12.1 Å². The van der Waals surface area contributed by atoms with Gasteiger partial charge in [-0.15, -0.1) is 0 Å². The molecule has 182 valence electrons. The summed E-state index contributed by atoms with van der Waals surface area (Å²) in [4.78, 5) is 69.9. The summed E-state index contributed by atoms with van der Waals surface area (Å²) in [7, 11) is 0. The maximum atomic E-state index is 12.6. The van der Waals surface area contributed by atoms with Gasteiger partial charge in [0.25, 0.3) is 0 Å². The average Bonchev–Trinajstić information content (AvgIpc) is 2.69. The van der Waals surface area contributed by atoms with E-state index < -0.39 is 72.3 Å². The monoisotopic (exact) mass is 479 g/mol. The number of amides is 4. The van der Waals surface area contributed by atoms with Crippen LogP contribution in [-0.4, -0.2) is 86.9 Å². The van der Waals surface area contributed by atoms with Crippen molar-refractivity contribution in [2.75, 3.05) is 5.75 Å². The number of nitrogens with two attached hydrogens (primary N) is 2. The van der Waals surface area contributed by atoms with Crippen LogP contribution in [0.5, 0.6) is 0 Å². The molecular formula is C17H29N5O9S. The second-order valence-corrected chi connectivity index (χ2v) is 7.28. The number of carbonyl (C=O) groups is 6. The number of aliphatic hydroxyl groups is 1. The fourth-order valence-electron chi connectivity index (χ4n) is 2.35. The van der Waals surface area contributed by atoms with Gasteiger partial charge in [0.15, 0.2) is 6.04 Å². The van der Waals surface area contributed by atoms with Crippen molar-refractivity contribution in [1.29, 1.82) is 0 Å². The first-order chi connectivity index (χ1) is 14.8. The van der Waals surface area contributed by atoms with E-state index in [0.29, 0.717) is 0 Å². The highest BCUT2D eigenvalue weighted by atomic mass is 32.1. The highest BCUT2D eigenvalue weighted by Gasteiger charge is 2.31. The van der Waals surface area contributed by atoms with E-state index in [1.54, 1.807) is 0 Å². The Morgan fingerprint density at radius 2 is 1.41 bits per heavy atom. The van der Waals surface area contributed by atoms with E-state index in [2.05, 4.69) is 28.6 Å². The van der Waals surface area contributed by atoms with Crippen molar-refractivity contribution in [3.63, 3.8) is 0 Å². The van der Waals surface area contributed by atoms with Crippen molar-refractivity contribution in [3.05, 3.63) is 0 Å². The molecule has 14 nitrogen and oxygen atoms in total. The molecule has 0 spiro atoms. The van der Waals surface area contributed by atoms with Crippen LogP contribution in [0.2, 0.25) is 0 Å². The third-order valence-corrected chi connectivity index (χ3v) is 4.55. The lowest BCUT2D eigenvalue weighted by Crippen LogP contribution is -2.58. The van der Waals surface area contributed by atoms with Gasteiger partial charge in [-0.2, -0.15) is 12.6 Å². The Morgan fingerprint density at radius 3 is 1.84 bits per heavy atom. The van der Waals surface area contributed by atoms with Crippen molar-refractivity contribution in [3.8, 4) is 0 Å². The average molecular weight is 480 g/mol. The molecule has 32 heavy (non-hydrogen) atoms. The van der Waals surface area contributed by atoms with Gasteiger partial charge in [0.2, 0.25) is 23.6 Å². The highest BCUT2D eigenvalue weighted by molar-refractivity contribution is 7.80. The maximum Gasteiger partial charge on any atom is 0.328 e. The lowest BCUT2D eigenvalue weighted by molar-refractivity contribution is -0.145. The van der Waals surface area contributed by atoms with Crippen LogP contribution >= 0.6 is 12.6 Å². The first kappa shape index (κ1) is 29.1. The molecule has 5 unspecified atom stereocenters. The fourth-order valence-corrected chi connectivity index (χ4v) is 2.61. The van der Waals surface area contributed by atoms with Crippen LogP contribution in [-0.2, 0) is 28.8 Å². The third kappa shape index (κ3) is 10.9. The van der Waals surface area contributed by atoms with Crippen molar-refractivity contribution in [2.24, 2.45) is 11.5 Å². The number of aliphatic carboxylic acids is 2. The van der Waals surface area contributed by atoms with Crippen LogP contribution in [0.1, 0.15) is 32.6 Å². The Kier molecular flexibility index (Phi) is 12.9. The zero-order valence-corrected chi connectivity index (χ0v) is 18.2. The molecule has 0 bridgehead atoms. The van der Waals surface area contributed by atoms with E-state index >= 15 is 0 Å². The third-order valence-electron chi connectivity index (χ3n) is 4.18. The number of hydrogen-bond acceptors (Lipinski definition) is 9. The van der Waals surface area contributed by atoms with Crippen LogP contribution in [0.15, 0.2) is 0 Å². The second kappa shape index (κ2) is 14.2. The zero-order valence-electron chi connectivity index (χ0n) is 17.3. The van der Waals surface area contributed by atoms with Gasteiger partial charge in [-0.25, -0.2) is 4.79 Å². The largest absolute Gasteiger partial charge is 0.481 e. The number of nitrogens with one attached hydrogen (secondary N) is 3. The molecule has 0 aromatic heterocycles. The minimum absolute atomic E-state index is 0.105. The van der Waals surface area contributed by atoms with Crippen molar-refractivity contribution < 1.29 is 44.1 Å². The van der Waals surface area contributed by atoms with E-state index in [9.17, 15) is 33.9 Å². The number of hydrogen-bond donors (Lipinski definition) is 9. The molecule has 15 heteroatoms. The number of primary amides is 1. The number of carbonyl (C=O) groups excluding carboxylic acids is 4. The minimum atomic E-state index is -1.65. The molecule has 0 rings (SSSR count). The Morgan fingerprint density at radius 1 is 0.875 bits per heavy atom.